The number of carbonyl (C=O) groups excluding carboxylic acids is 1. The van der Waals surface area contributed by atoms with Crippen molar-refractivity contribution in [1.82, 2.24) is 15.3 Å². The fraction of sp³-hybridized carbons (Fsp3) is 0.292. The van der Waals surface area contributed by atoms with Gasteiger partial charge in [0.05, 0.1) is 23.2 Å². The maximum absolute atomic E-state index is 13.6. The molecule has 2 aromatic carbocycles. The van der Waals surface area contributed by atoms with Gasteiger partial charge in [0.1, 0.15) is 16.4 Å². The van der Waals surface area contributed by atoms with Crippen LogP contribution in [0.5, 0.6) is 0 Å². The molecule has 35 heavy (non-hydrogen) atoms. The number of aromatic nitrogens is 2. The number of nitrogen functional groups attached to an aromatic ring is 1. The number of anilines is 2. The van der Waals surface area contributed by atoms with Gasteiger partial charge in [-0.1, -0.05) is 0 Å². The Kier molecular flexibility index (Phi) is 6.73. The zero-order valence-corrected chi connectivity index (χ0v) is 19.8. The first-order valence-corrected chi connectivity index (χ1v) is 12.6. The Bertz CT molecular complexity index is 1330. The molecule has 3 aromatic rings. The van der Waals surface area contributed by atoms with E-state index in [1.165, 1.54) is 18.2 Å². The van der Waals surface area contributed by atoms with E-state index in [1.54, 1.807) is 31.2 Å². The average molecular weight is 500 g/mol. The topological polar surface area (TPSA) is 147 Å². The van der Waals surface area contributed by atoms with Crippen molar-refractivity contribution in [2.75, 3.05) is 17.7 Å². The highest BCUT2D eigenvalue weighted by molar-refractivity contribution is 7.92. The fourth-order valence-electron chi connectivity index (χ4n) is 3.97. The van der Waals surface area contributed by atoms with Crippen molar-refractivity contribution in [2.24, 2.45) is 0 Å². The van der Waals surface area contributed by atoms with E-state index in [1.807, 2.05) is 0 Å². The van der Waals surface area contributed by atoms with Crippen molar-refractivity contribution in [3.05, 3.63) is 66.1 Å². The summed E-state index contributed by atoms with van der Waals surface area (Å²) in [5.41, 5.74) is 7.44. The largest absolute Gasteiger partial charge is 0.394 e. The number of hydrogen-bond acceptors (Lipinski definition) is 7. The van der Waals surface area contributed by atoms with E-state index >= 15 is 0 Å². The van der Waals surface area contributed by atoms with Gasteiger partial charge < -0.3 is 21.5 Å². The molecule has 0 bridgehead atoms. The van der Waals surface area contributed by atoms with Crippen LogP contribution in [0.4, 0.5) is 20.7 Å². The molecule has 0 unspecified atom stereocenters. The van der Waals surface area contributed by atoms with E-state index in [0.29, 0.717) is 36.2 Å². The Labute approximate surface area is 202 Å². The van der Waals surface area contributed by atoms with Crippen LogP contribution in [-0.2, 0) is 14.6 Å². The Morgan fingerprint density at radius 3 is 2.37 bits per heavy atom. The van der Waals surface area contributed by atoms with Crippen molar-refractivity contribution < 1.29 is 22.7 Å². The molecule has 0 spiro atoms. The fourth-order valence-corrected chi connectivity index (χ4v) is 6.12. The van der Waals surface area contributed by atoms with Gasteiger partial charge in [-0.05, 0) is 74.7 Å². The maximum atomic E-state index is 13.6. The number of hydrogen-bond donors (Lipinski definition) is 4. The van der Waals surface area contributed by atoms with Crippen LogP contribution < -0.4 is 16.4 Å². The molecule has 1 heterocycles. The normalized spacial score (nSPS) is 15.6. The summed E-state index contributed by atoms with van der Waals surface area (Å²) in [4.78, 5) is 20.8. The molecule has 184 valence electrons. The summed E-state index contributed by atoms with van der Waals surface area (Å²) in [6.45, 7) is 1.49. The second-order valence-electron chi connectivity index (χ2n) is 8.57. The molecule has 2 amide bonds. The number of aliphatic hydroxyl groups excluding tert-OH is 1. The quantitative estimate of drug-likeness (QED) is 0.365. The number of aliphatic hydroxyl groups is 1. The standard InChI is InChI=1S/C24H26FN5O4S/c1-15(14-31)27-23(32)28-18-7-3-16(4-8-18)22-29-20(13-21(26)30-22)24(11-2-12-24)35(33,34)19-9-5-17(25)6-10-19/h3-10,13,15,31H,2,11-12,14H2,1H3,(H2,26,29,30)(H2,27,28,32)/t15-/m1/s1. The van der Waals surface area contributed by atoms with E-state index in [4.69, 9.17) is 10.8 Å². The van der Waals surface area contributed by atoms with Crippen LogP contribution in [0.25, 0.3) is 11.4 Å². The summed E-state index contributed by atoms with van der Waals surface area (Å²) in [5.74, 6) is -0.130. The Morgan fingerprint density at radius 1 is 1.14 bits per heavy atom. The number of nitrogens with two attached hydrogens (primary N) is 1. The number of amides is 2. The minimum atomic E-state index is -3.87. The second kappa shape index (κ2) is 9.59. The van der Waals surface area contributed by atoms with Crippen LogP contribution in [0.3, 0.4) is 0 Å². The van der Waals surface area contributed by atoms with Crippen molar-refractivity contribution in [1.29, 1.82) is 0 Å². The molecule has 1 fully saturated rings. The van der Waals surface area contributed by atoms with Gasteiger partial charge in [-0.3, -0.25) is 0 Å². The summed E-state index contributed by atoms with van der Waals surface area (Å²) >= 11 is 0. The predicted octanol–water partition coefficient (Wildman–Crippen LogP) is 3.22. The molecule has 1 aliphatic carbocycles. The van der Waals surface area contributed by atoms with Gasteiger partial charge >= 0.3 is 6.03 Å². The molecule has 5 N–H and O–H groups in total. The van der Waals surface area contributed by atoms with Gasteiger partial charge in [0.15, 0.2) is 15.7 Å². The van der Waals surface area contributed by atoms with Crippen LogP contribution in [-0.4, -0.2) is 42.2 Å². The molecule has 1 atom stereocenters. The van der Waals surface area contributed by atoms with Crippen molar-refractivity contribution in [3.8, 4) is 11.4 Å². The van der Waals surface area contributed by atoms with Gasteiger partial charge in [-0.2, -0.15) is 0 Å². The summed E-state index contributed by atoms with van der Waals surface area (Å²) in [7, 11) is -3.87. The molecule has 1 aromatic heterocycles. The number of carbonyl (C=O) groups is 1. The number of urea groups is 1. The first kappa shape index (κ1) is 24.6. The van der Waals surface area contributed by atoms with E-state index in [-0.39, 0.29) is 23.1 Å². The van der Waals surface area contributed by atoms with Gasteiger partial charge in [0, 0.05) is 17.3 Å². The summed E-state index contributed by atoms with van der Waals surface area (Å²) in [5, 5.41) is 14.3. The molecule has 0 radical (unpaired) electrons. The third-order valence-corrected chi connectivity index (χ3v) is 8.60. The number of nitrogens with zero attached hydrogens (tertiary/aromatic N) is 2. The van der Waals surface area contributed by atoms with Gasteiger partial charge in [0.25, 0.3) is 0 Å². The van der Waals surface area contributed by atoms with E-state index in [2.05, 4.69) is 20.6 Å². The molecule has 11 heteroatoms. The maximum Gasteiger partial charge on any atom is 0.319 e. The molecule has 4 rings (SSSR count). The lowest BCUT2D eigenvalue weighted by atomic mass is 9.81. The van der Waals surface area contributed by atoms with Crippen molar-refractivity contribution in [3.63, 3.8) is 0 Å². The minimum absolute atomic E-state index is 0.0292. The smallest absolute Gasteiger partial charge is 0.319 e. The van der Waals surface area contributed by atoms with Crippen molar-refractivity contribution in [2.45, 2.75) is 41.9 Å². The third kappa shape index (κ3) is 4.82. The Balaban J connectivity index is 1.64. The second-order valence-corrected chi connectivity index (χ2v) is 10.8. The number of benzene rings is 2. The molecule has 1 saturated carbocycles. The Hall–Kier alpha value is -3.57. The van der Waals surface area contributed by atoms with Crippen molar-refractivity contribution >= 4 is 27.4 Å². The summed E-state index contributed by atoms with van der Waals surface area (Å²) < 4.78 is 39.3. The lowest BCUT2D eigenvalue weighted by molar-refractivity contribution is 0.229. The number of nitrogens with one attached hydrogen (secondary N) is 2. The highest BCUT2D eigenvalue weighted by Gasteiger charge is 2.52. The van der Waals surface area contributed by atoms with E-state index in [0.717, 1.165) is 12.1 Å². The van der Waals surface area contributed by atoms with Gasteiger partial charge in [-0.25, -0.2) is 27.6 Å². The third-order valence-electron chi connectivity index (χ3n) is 6.06. The number of rotatable bonds is 7. The molecular formula is C24H26FN5O4S. The zero-order chi connectivity index (χ0) is 25.2. The lowest BCUT2D eigenvalue weighted by Gasteiger charge is -2.40. The number of halogens is 1. The van der Waals surface area contributed by atoms with Crippen LogP contribution in [0, 0.1) is 5.82 Å². The highest BCUT2D eigenvalue weighted by Crippen LogP contribution is 2.50. The van der Waals surface area contributed by atoms with Crippen LogP contribution in [0.1, 0.15) is 31.9 Å². The first-order chi connectivity index (χ1) is 16.6. The molecule has 1 aliphatic rings. The molecule has 9 nitrogen and oxygen atoms in total. The lowest BCUT2D eigenvalue weighted by Crippen LogP contribution is -2.43. The average Bonchev–Trinajstić information content (AvgIpc) is 2.78. The monoisotopic (exact) mass is 499 g/mol. The SMILES string of the molecule is C[C@H](CO)NC(=O)Nc1ccc(-c2nc(N)cc(C3(S(=O)(=O)c4ccc(F)cc4)CCC3)n2)cc1. The van der Waals surface area contributed by atoms with E-state index < -0.39 is 32.5 Å². The number of sulfone groups is 1. The summed E-state index contributed by atoms with van der Waals surface area (Å²) in [6, 6.07) is 12.1. The van der Waals surface area contributed by atoms with E-state index in [9.17, 15) is 17.6 Å². The minimum Gasteiger partial charge on any atom is -0.394 e. The van der Waals surface area contributed by atoms with Crippen LogP contribution >= 0.6 is 0 Å². The zero-order valence-electron chi connectivity index (χ0n) is 19.0. The molecule has 0 aliphatic heterocycles. The predicted molar refractivity (Wildman–Crippen MR) is 130 cm³/mol. The molecule has 0 saturated heterocycles. The van der Waals surface area contributed by atoms with Gasteiger partial charge in [-0.15, -0.1) is 0 Å². The Morgan fingerprint density at radius 2 is 1.80 bits per heavy atom. The van der Waals surface area contributed by atoms with Crippen LogP contribution in [0.15, 0.2) is 59.5 Å². The first-order valence-electron chi connectivity index (χ1n) is 11.1. The highest BCUT2D eigenvalue weighted by atomic mass is 32.2. The van der Waals surface area contributed by atoms with Crippen LogP contribution in [0.2, 0.25) is 0 Å². The summed E-state index contributed by atoms with van der Waals surface area (Å²) in [6.07, 6.45) is 1.44. The van der Waals surface area contributed by atoms with Gasteiger partial charge in [0.2, 0.25) is 0 Å². The molecular weight excluding hydrogens is 473 g/mol.